The Kier molecular flexibility index (Phi) is 9.54. The minimum absolute atomic E-state index is 0.163. The van der Waals surface area contributed by atoms with Gasteiger partial charge in [0, 0.05) is 18.9 Å². The lowest BCUT2D eigenvalue weighted by Crippen LogP contribution is -2.28. The number of aliphatic hydroxyl groups excluding tert-OH is 1. The number of ketones is 1. The van der Waals surface area contributed by atoms with Gasteiger partial charge in [-0.05, 0) is 19.9 Å². The molecule has 0 amide bonds. The zero-order valence-corrected chi connectivity index (χ0v) is 11.0. The van der Waals surface area contributed by atoms with E-state index in [4.69, 9.17) is 0 Å². The molecule has 3 nitrogen and oxygen atoms in total. The van der Waals surface area contributed by atoms with Crippen LogP contribution in [0.3, 0.4) is 0 Å². The molecule has 0 aliphatic rings. The predicted molar refractivity (Wildman–Crippen MR) is 67.5 cm³/mol. The van der Waals surface area contributed by atoms with E-state index >= 15 is 0 Å². The van der Waals surface area contributed by atoms with E-state index in [0.717, 1.165) is 32.1 Å². The van der Waals surface area contributed by atoms with Crippen LogP contribution in [0.25, 0.3) is 0 Å². The number of Topliss-reactive ketones (excluding diaryl/α,β-unsaturated/α-hetero) is 1. The molecule has 0 bridgehead atoms. The number of nitrogens with one attached hydrogen (secondary N) is 1. The van der Waals surface area contributed by atoms with Crippen LogP contribution in [0.5, 0.6) is 0 Å². The SMILES string of the molecule is CCCCC(CCC)C(=O)CC(O)CNC. The molecule has 2 unspecified atom stereocenters. The zero-order chi connectivity index (χ0) is 12.4. The van der Waals surface area contributed by atoms with Crippen LogP contribution in [-0.2, 0) is 4.79 Å². The number of unbranched alkanes of at least 4 members (excludes halogenated alkanes) is 1. The summed E-state index contributed by atoms with van der Waals surface area (Å²) < 4.78 is 0. The maximum atomic E-state index is 11.9. The Morgan fingerprint density at radius 3 is 2.44 bits per heavy atom. The number of carbonyl (C=O) groups is 1. The van der Waals surface area contributed by atoms with Gasteiger partial charge in [0.15, 0.2) is 0 Å². The molecular formula is C13H27NO2. The van der Waals surface area contributed by atoms with Gasteiger partial charge in [0.05, 0.1) is 6.10 Å². The van der Waals surface area contributed by atoms with Gasteiger partial charge >= 0.3 is 0 Å². The summed E-state index contributed by atoms with van der Waals surface area (Å²) in [6, 6.07) is 0. The molecule has 0 saturated carbocycles. The minimum Gasteiger partial charge on any atom is -0.391 e. The van der Waals surface area contributed by atoms with Crippen molar-refractivity contribution in [2.24, 2.45) is 5.92 Å². The van der Waals surface area contributed by atoms with E-state index in [1.54, 1.807) is 7.05 Å². The molecule has 0 aromatic heterocycles. The Labute approximate surface area is 99.6 Å². The lowest BCUT2D eigenvalue weighted by molar-refractivity contribution is -0.125. The van der Waals surface area contributed by atoms with Crippen molar-refractivity contribution >= 4 is 5.78 Å². The standard InChI is InChI=1S/C13H27NO2/c1-4-6-8-11(7-5-2)13(16)9-12(15)10-14-3/h11-12,14-15H,4-10H2,1-3H3. The first-order chi connectivity index (χ1) is 7.65. The van der Waals surface area contributed by atoms with Crippen LogP contribution in [-0.4, -0.2) is 30.6 Å². The molecule has 96 valence electrons. The normalized spacial score (nSPS) is 14.8. The largest absolute Gasteiger partial charge is 0.391 e. The van der Waals surface area contributed by atoms with Gasteiger partial charge < -0.3 is 10.4 Å². The number of hydrogen-bond acceptors (Lipinski definition) is 3. The lowest BCUT2D eigenvalue weighted by atomic mass is 9.90. The fourth-order valence-electron chi connectivity index (χ4n) is 1.97. The summed E-state index contributed by atoms with van der Waals surface area (Å²) in [7, 11) is 1.79. The summed E-state index contributed by atoms with van der Waals surface area (Å²) in [6.07, 6.45) is 5.00. The maximum Gasteiger partial charge on any atom is 0.138 e. The van der Waals surface area contributed by atoms with Crippen LogP contribution < -0.4 is 5.32 Å². The molecule has 0 heterocycles. The van der Waals surface area contributed by atoms with Crippen molar-refractivity contribution in [3.05, 3.63) is 0 Å². The maximum absolute atomic E-state index is 11.9. The van der Waals surface area contributed by atoms with E-state index in [0.29, 0.717) is 13.0 Å². The van der Waals surface area contributed by atoms with Crippen LogP contribution >= 0.6 is 0 Å². The summed E-state index contributed by atoms with van der Waals surface area (Å²) in [5, 5.41) is 12.5. The molecule has 0 fully saturated rings. The average Bonchev–Trinajstić information content (AvgIpc) is 2.24. The van der Waals surface area contributed by atoms with Crippen molar-refractivity contribution < 1.29 is 9.90 Å². The fourth-order valence-corrected chi connectivity index (χ4v) is 1.97. The second-order valence-electron chi connectivity index (χ2n) is 4.51. The number of rotatable bonds is 10. The van der Waals surface area contributed by atoms with Gasteiger partial charge in [-0.3, -0.25) is 4.79 Å². The highest BCUT2D eigenvalue weighted by Gasteiger charge is 2.19. The van der Waals surface area contributed by atoms with Crippen LogP contribution in [0.15, 0.2) is 0 Å². The van der Waals surface area contributed by atoms with Crippen LogP contribution in [0.2, 0.25) is 0 Å². The van der Waals surface area contributed by atoms with Crippen molar-refractivity contribution in [1.82, 2.24) is 5.32 Å². The van der Waals surface area contributed by atoms with E-state index in [1.807, 2.05) is 0 Å². The summed E-state index contributed by atoms with van der Waals surface area (Å²) in [6.45, 7) is 4.75. The van der Waals surface area contributed by atoms with Crippen molar-refractivity contribution in [2.45, 2.75) is 58.5 Å². The minimum atomic E-state index is -0.529. The highest BCUT2D eigenvalue weighted by Crippen LogP contribution is 2.18. The van der Waals surface area contributed by atoms with E-state index < -0.39 is 6.10 Å². The Morgan fingerprint density at radius 1 is 1.25 bits per heavy atom. The third-order valence-electron chi connectivity index (χ3n) is 2.88. The van der Waals surface area contributed by atoms with Crippen LogP contribution in [0.1, 0.15) is 52.4 Å². The summed E-state index contributed by atoms with van der Waals surface area (Å²) in [5.41, 5.74) is 0. The molecule has 0 saturated heterocycles. The van der Waals surface area contributed by atoms with Crippen LogP contribution in [0, 0.1) is 5.92 Å². The Hall–Kier alpha value is -0.410. The van der Waals surface area contributed by atoms with E-state index in [-0.39, 0.29) is 11.7 Å². The lowest BCUT2D eigenvalue weighted by Gasteiger charge is -2.16. The van der Waals surface area contributed by atoms with E-state index in [2.05, 4.69) is 19.2 Å². The monoisotopic (exact) mass is 229 g/mol. The van der Waals surface area contributed by atoms with Crippen molar-refractivity contribution in [3.63, 3.8) is 0 Å². The first-order valence-electron chi connectivity index (χ1n) is 6.51. The van der Waals surface area contributed by atoms with Gasteiger partial charge in [-0.15, -0.1) is 0 Å². The quantitative estimate of drug-likeness (QED) is 0.603. The molecule has 3 heteroatoms. The second-order valence-corrected chi connectivity index (χ2v) is 4.51. The molecule has 2 atom stereocenters. The number of aliphatic hydroxyl groups is 1. The van der Waals surface area contributed by atoms with E-state index in [1.165, 1.54) is 0 Å². The number of carbonyl (C=O) groups excluding carboxylic acids is 1. The van der Waals surface area contributed by atoms with Gasteiger partial charge in [0.1, 0.15) is 5.78 Å². The molecule has 0 aromatic carbocycles. The van der Waals surface area contributed by atoms with E-state index in [9.17, 15) is 9.90 Å². The van der Waals surface area contributed by atoms with Gasteiger partial charge in [-0.1, -0.05) is 33.1 Å². The second kappa shape index (κ2) is 9.79. The molecule has 0 aromatic rings. The van der Waals surface area contributed by atoms with Crippen LogP contribution in [0.4, 0.5) is 0 Å². The molecule has 2 N–H and O–H groups in total. The molecule has 0 radical (unpaired) electrons. The number of likely N-dealkylation sites (N-methyl/N-ethyl adjacent to an activating group) is 1. The molecular weight excluding hydrogens is 202 g/mol. The highest BCUT2D eigenvalue weighted by molar-refractivity contribution is 5.81. The molecule has 16 heavy (non-hydrogen) atoms. The van der Waals surface area contributed by atoms with Gasteiger partial charge in [-0.2, -0.15) is 0 Å². The zero-order valence-electron chi connectivity index (χ0n) is 11.0. The Balaban J connectivity index is 4.04. The molecule has 0 aliphatic heterocycles. The topological polar surface area (TPSA) is 49.3 Å². The van der Waals surface area contributed by atoms with Crippen molar-refractivity contribution in [3.8, 4) is 0 Å². The average molecular weight is 229 g/mol. The Morgan fingerprint density at radius 2 is 1.94 bits per heavy atom. The highest BCUT2D eigenvalue weighted by atomic mass is 16.3. The molecule has 0 rings (SSSR count). The number of hydrogen-bond donors (Lipinski definition) is 2. The fraction of sp³-hybridized carbons (Fsp3) is 0.923. The first-order valence-corrected chi connectivity index (χ1v) is 6.51. The van der Waals surface area contributed by atoms with Gasteiger partial charge in [0.2, 0.25) is 0 Å². The van der Waals surface area contributed by atoms with Crippen molar-refractivity contribution in [1.29, 1.82) is 0 Å². The third kappa shape index (κ3) is 6.96. The molecule has 0 aliphatic carbocycles. The summed E-state index contributed by atoms with van der Waals surface area (Å²) in [4.78, 5) is 11.9. The molecule has 0 spiro atoms. The van der Waals surface area contributed by atoms with Gasteiger partial charge in [-0.25, -0.2) is 0 Å². The summed E-state index contributed by atoms with van der Waals surface area (Å²) >= 11 is 0. The summed E-state index contributed by atoms with van der Waals surface area (Å²) in [5.74, 6) is 0.398. The van der Waals surface area contributed by atoms with Crippen molar-refractivity contribution in [2.75, 3.05) is 13.6 Å². The third-order valence-corrected chi connectivity index (χ3v) is 2.88. The first kappa shape index (κ1) is 15.6. The smallest absolute Gasteiger partial charge is 0.138 e. The Bertz CT molecular complexity index is 183. The van der Waals surface area contributed by atoms with Gasteiger partial charge in [0.25, 0.3) is 0 Å². The predicted octanol–water partition coefficient (Wildman–Crippen LogP) is 2.13.